The van der Waals surface area contributed by atoms with Gasteiger partial charge in [-0.3, -0.25) is 4.79 Å². The smallest absolute Gasteiger partial charge is 0.433 e. The van der Waals surface area contributed by atoms with Gasteiger partial charge in [-0.15, -0.1) is 0 Å². The molecule has 0 saturated carbocycles. The van der Waals surface area contributed by atoms with Crippen molar-refractivity contribution in [2.24, 2.45) is 0 Å². The minimum absolute atomic E-state index is 0.0559. The minimum Gasteiger partial charge on any atom is -0.462 e. The largest absolute Gasteiger partial charge is 0.462 e. The predicted octanol–water partition coefficient (Wildman–Crippen LogP) is 1.85. The SMILES string of the molecule is CCOC(=O)c1ccc(C(F)(F)F)nc1NC=O. The Kier molecular flexibility index (Phi) is 4.24. The number of hydrogen-bond acceptors (Lipinski definition) is 4. The maximum absolute atomic E-state index is 12.4. The molecule has 0 aliphatic heterocycles. The Bertz CT molecular complexity index is 460. The molecule has 0 aliphatic carbocycles. The predicted molar refractivity (Wildman–Crippen MR) is 54.9 cm³/mol. The summed E-state index contributed by atoms with van der Waals surface area (Å²) >= 11 is 0. The summed E-state index contributed by atoms with van der Waals surface area (Å²) in [4.78, 5) is 24.9. The van der Waals surface area contributed by atoms with E-state index in [1.54, 1.807) is 6.92 Å². The average Bonchev–Trinajstić information content (AvgIpc) is 2.28. The van der Waals surface area contributed by atoms with Crippen molar-refractivity contribution in [1.82, 2.24) is 4.98 Å². The number of ether oxygens (including phenoxy) is 1. The molecule has 0 spiro atoms. The number of alkyl halides is 3. The van der Waals surface area contributed by atoms with Gasteiger partial charge in [-0.2, -0.15) is 13.2 Å². The van der Waals surface area contributed by atoms with Crippen molar-refractivity contribution in [2.45, 2.75) is 13.1 Å². The van der Waals surface area contributed by atoms with Gasteiger partial charge in [0.2, 0.25) is 6.41 Å². The number of esters is 1. The number of amides is 1. The molecule has 0 saturated heterocycles. The standard InChI is InChI=1S/C10H9F3N2O3/c1-2-18-9(17)6-3-4-7(10(11,12)13)15-8(6)14-5-16/h3-5H,2H2,1H3,(H,14,15,16). The maximum Gasteiger partial charge on any atom is 0.433 e. The zero-order valence-corrected chi connectivity index (χ0v) is 9.25. The zero-order chi connectivity index (χ0) is 13.8. The van der Waals surface area contributed by atoms with Gasteiger partial charge in [-0.05, 0) is 19.1 Å². The lowest BCUT2D eigenvalue weighted by atomic mass is 10.2. The Labute approximate surface area is 100.0 Å². The summed E-state index contributed by atoms with van der Waals surface area (Å²) in [7, 11) is 0. The number of hydrogen-bond donors (Lipinski definition) is 1. The van der Waals surface area contributed by atoms with Gasteiger partial charge >= 0.3 is 12.1 Å². The van der Waals surface area contributed by atoms with Crippen LogP contribution in [0, 0.1) is 0 Å². The maximum atomic E-state index is 12.4. The number of pyridine rings is 1. The van der Waals surface area contributed by atoms with E-state index < -0.39 is 23.7 Å². The lowest BCUT2D eigenvalue weighted by molar-refractivity contribution is -0.141. The van der Waals surface area contributed by atoms with E-state index in [0.717, 1.165) is 6.07 Å². The van der Waals surface area contributed by atoms with E-state index in [4.69, 9.17) is 0 Å². The normalized spacial score (nSPS) is 10.9. The number of nitrogens with zero attached hydrogens (tertiary/aromatic N) is 1. The number of halogens is 3. The van der Waals surface area contributed by atoms with E-state index in [1.165, 1.54) is 0 Å². The van der Waals surface area contributed by atoms with Gasteiger partial charge in [0.25, 0.3) is 0 Å². The summed E-state index contributed by atoms with van der Waals surface area (Å²) in [5.41, 5.74) is -1.45. The van der Waals surface area contributed by atoms with Crippen LogP contribution in [0.5, 0.6) is 0 Å². The molecular weight excluding hydrogens is 253 g/mol. The third-order valence-corrected chi connectivity index (χ3v) is 1.88. The molecule has 0 unspecified atom stereocenters. The Morgan fingerprint density at radius 2 is 2.17 bits per heavy atom. The molecule has 8 heteroatoms. The Morgan fingerprint density at radius 3 is 2.67 bits per heavy atom. The van der Waals surface area contributed by atoms with Crippen LogP contribution in [0.1, 0.15) is 23.0 Å². The molecule has 0 bridgehead atoms. The van der Waals surface area contributed by atoms with E-state index in [2.05, 4.69) is 9.72 Å². The fraction of sp³-hybridized carbons (Fsp3) is 0.300. The summed E-state index contributed by atoms with van der Waals surface area (Å²) in [6, 6.07) is 1.54. The Hall–Kier alpha value is -2.12. The van der Waals surface area contributed by atoms with Gasteiger partial charge in [0, 0.05) is 0 Å². The summed E-state index contributed by atoms with van der Waals surface area (Å²) in [6.45, 7) is 1.60. The molecule has 5 nitrogen and oxygen atoms in total. The van der Waals surface area contributed by atoms with Crippen LogP contribution < -0.4 is 5.32 Å². The topological polar surface area (TPSA) is 68.3 Å². The van der Waals surface area contributed by atoms with Gasteiger partial charge in [-0.25, -0.2) is 9.78 Å². The molecule has 1 heterocycles. The van der Waals surface area contributed by atoms with Gasteiger partial charge in [0.1, 0.15) is 17.1 Å². The molecule has 0 fully saturated rings. The van der Waals surface area contributed by atoms with E-state index >= 15 is 0 Å². The second-order valence-electron chi connectivity index (χ2n) is 3.07. The van der Waals surface area contributed by atoms with E-state index in [-0.39, 0.29) is 18.6 Å². The monoisotopic (exact) mass is 262 g/mol. The molecule has 0 aliphatic rings. The van der Waals surface area contributed by atoms with Crippen LogP contribution in [-0.4, -0.2) is 24.0 Å². The Morgan fingerprint density at radius 1 is 1.50 bits per heavy atom. The van der Waals surface area contributed by atoms with Gasteiger partial charge in [0.05, 0.1) is 6.61 Å². The lowest BCUT2D eigenvalue weighted by Gasteiger charge is -2.10. The van der Waals surface area contributed by atoms with Crippen LogP contribution in [-0.2, 0) is 15.7 Å². The molecule has 18 heavy (non-hydrogen) atoms. The van der Waals surface area contributed by atoms with Crippen molar-refractivity contribution in [3.8, 4) is 0 Å². The average molecular weight is 262 g/mol. The molecule has 98 valence electrons. The molecule has 1 aromatic rings. The minimum atomic E-state index is -4.66. The van der Waals surface area contributed by atoms with Crippen LogP contribution >= 0.6 is 0 Å². The van der Waals surface area contributed by atoms with Crippen molar-refractivity contribution in [3.63, 3.8) is 0 Å². The highest BCUT2D eigenvalue weighted by atomic mass is 19.4. The third kappa shape index (κ3) is 3.19. The number of rotatable bonds is 4. The molecule has 0 aromatic carbocycles. The first-order valence-corrected chi connectivity index (χ1v) is 4.85. The molecule has 1 amide bonds. The first-order chi connectivity index (χ1) is 8.40. The summed E-state index contributed by atoms with van der Waals surface area (Å²) in [6.07, 6.45) is -4.53. The molecule has 1 rings (SSSR count). The first kappa shape index (κ1) is 13.9. The van der Waals surface area contributed by atoms with Crippen molar-refractivity contribution in [2.75, 3.05) is 11.9 Å². The van der Waals surface area contributed by atoms with Crippen molar-refractivity contribution in [1.29, 1.82) is 0 Å². The van der Waals surface area contributed by atoms with Crippen molar-refractivity contribution < 1.29 is 27.5 Å². The van der Waals surface area contributed by atoms with Crippen LogP contribution in [0.15, 0.2) is 12.1 Å². The quantitative estimate of drug-likeness (QED) is 0.664. The number of carbonyl (C=O) groups is 2. The molecule has 0 radical (unpaired) electrons. The Balaban J connectivity index is 3.20. The molecule has 1 aromatic heterocycles. The summed E-state index contributed by atoms with van der Waals surface area (Å²) < 4.78 is 41.8. The molecule has 0 atom stereocenters. The first-order valence-electron chi connectivity index (χ1n) is 4.85. The fourth-order valence-corrected chi connectivity index (χ4v) is 1.16. The van der Waals surface area contributed by atoms with Crippen molar-refractivity contribution in [3.05, 3.63) is 23.4 Å². The third-order valence-electron chi connectivity index (χ3n) is 1.88. The van der Waals surface area contributed by atoms with Crippen LogP contribution in [0.2, 0.25) is 0 Å². The number of aromatic nitrogens is 1. The van der Waals surface area contributed by atoms with E-state index in [1.807, 2.05) is 5.32 Å². The number of nitrogens with one attached hydrogen (secondary N) is 1. The number of anilines is 1. The zero-order valence-electron chi connectivity index (χ0n) is 9.25. The fourth-order valence-electron chi connectivity index (χ4n) is 1.16. The van der Waals surface area contributed by atoms with Crippen LogP contribution in [0.25, 0.3) is 0 Å². The molecular formula is C10H9F3N2O3. The van der Waals surface area contributed by atoms with E-state index in [9.17, 15) is 22.8 Å². The van der Waals surface area contributed by atoms with Crippen molar-refractivity contribution >= 4 is 18.2 Å². The highest BCUT2D eigenvalue weighted by Gasteiger charge is 2.33. The summed E-state index contributed by atoms with van der Waals surface area (Å²) in [5.74, 6) is -1.35. The van der Waals surface area contributed by atoms with E-state index in [0.29, 0.717) is 6.07 Å². The second-order valence-corrected chi connectivity index (χ2v) is 3.07. The lowest BCUT2D eigenvalue weighted by Crippen LogP contribution is -2.15. The number of carbonyl (C=O) groups excluding carboxylic acids is 2. The van der Waals surface area contributed by atoms with Gasteiger partial charge in [0.15, 0.2) is 0 Å². The molecule has 1 N–H and O–H groups in total. The van der Waals surface area contributed by atoms with Gasteiger partial charge < -0.3 is 10.1 Å². The summed E-state index contributed by atoms with van der Waals surface area (Å²) in [5, 5.41) is 1.94. The highest BCUT2D eigenvalue weighted by molar-refractivity contribution is 5.96. The van der Waals surface area contributed by atoms with Crippen LogP contribution in [0.4, 0.5) is 19.0 Å². The second kappa shape index (κ2) is 5.48. The highest BCUT2D eigenvalue weighted by Crippen LogP contribution is 2.29. The van der Waals surface area contributed by atoms with Crippen LogP contribution in [0.3, 0.4) is 0 Å². The van der Waals surface area contributed by atoms with Gasteiger partial charge in [-0.1, -0.05) is 0 Å².